The van der Waals surface area contributed by atoms with Crippen LogP contribution in [0.25, 0.3) is 16.9 Å². The van der Waals surface area contributed by atoms with Crippen LogP contribution in [0.1, 0.15) is 10.4 Å². The Morgan fingerprint density at radius 3 is 2.57 bits per heavy atom. The van der Waals surface area contributed by atoms with Crippen LogP contribution in [0.4, 0.5) is 10.2 Å². The first-order chi connectivity index (χ1) is 10.1. The van der Waals surface area contributed by atoms with Gasteiger partial charge in [-0.05, 0) is 41.6 Å². The number of hydrogen-bond donors (Lipinski definition) is 1. The lowest BCUT2D eigenvalue weighted by Crippen LogP contribution is -1.97. The number of aromatic carboxylic acids is 1. The van der Waals surface area contributed by atoms with Crippen LogP contribution < -0.4 is 0 Å². The molecule has 0 fully saturated rings. The Hall–Kier alpha value is -3.09. The molecule has 0 atom stereocenters. The third kappa shape index (κ3) is 2.14. The number of carboxylic acid groups (broad SMARTS) is 1. The molecule has 0 amide bonds. The first kappa shape index (κ1) is 12.9. The van der Waals surface area contributed by atoms with Gasteiger partial charge in [-0.2, -0.15) is 0 Å². The Bertz CT molecular complexity index is 856. The lowest BCUT2D eigenvalue weighted by molar-refractivity contribution is 0.0697. The van der Waals surface area contributed by atoms with Crippen LogP contribution in [0, 0.1) is 10.7 Å². The molecule has 0 aliphatic heterocycles. The smallest absolute Gasteiger partial charge is 0.335 e. The maximum absolute atomic E-state index is 13.0. The highest BCUT2D eigenvalue weighted by molar-refractivity contribution is 5.89. The number of aromatic nitrogens is 2. The topological polar surface area (TPSA) is 84.0 Å². The molecule has 3 rings (SSSR count). The third-order valence-electron chi connectivity index (χ3n) is 3.05. The Morgan fingerprint density at radius 2 is 1.95 bits per heavy atom. The normalized spacial score (nSPS) is 10.7. The SMILES string of the molecule is O=Nc1c(-c2ccc(F)cc2)nc2cc(C(=O)O)ccn12. The number of rotatable bonds is 3. The predicted octanol–water partition coefficient (Wildman–Crippen LogP) is 3.24. The first-order valence-electron chi connectivity index (χ1n) is 5.95. The first-order valence-corrected chi connectivity index (χ1v) is 5.95. The van der Waals surface area contributed by atoms with Gasteiger partial charge in [0.15, 0.2) is 0 Å². The van der Waals surface area contributed by atoms with E-state index in [2.05, 4.69) is 10.2 Å². The molecule has 104 valence electrons. The van der Waals surface area contributed by atoms with Crippen molar-refractivity contribution in [3.63, 3.8) is 0 Å². The van der Waals surface area contributed by atoms with Crippen LogP contribution >= 0.6 is 0 Å². The third-order valence-corrected chi connectivity index (χ3v) is 3.05. The molecule has 0 saturated heterocycles. The van der Waals surface area contributed by atoms with Crippen molar-refractivity contribution in [1.82, 2.24) is 9.38 Å². The summed E-state index contributed by atoms with van der Waals surface area (Å²) in [6, 6.07) is 8.13. The predicted molar refractivity (Wildman–Crippen MR) is 73.0 cm³/mol. The molecule has 6 nitrogen and oxygen atoms in total. The Labute approximate surface area is 117 Å². The van der Waals surface area contributed by atoms with Crippen LogP contribution in [-0.4, -0.2) is 20.5 Å². The van der Waals surface area contributed by atoms with Gasteiger partial charge in [-0.3, -0.25) is 4.40 Å². The number of pyridine rings is 1. The van der Waals surface area contributed by atoms with E-state index in [1.807, 2.05) is 0 Å². The van der Waals surface area contributed by atoms with E-state index in [-0.39, 0.29) is 22.7 Å². The number of nitrogens with zero attached hydrogens (tertiary/aromatic N) is 3. The molecule has 1 aromatic carbocycles. The molecule has 0 unspecified atom stereocenters. The van der Waals surface area contributed by atoms with Gasteiger partial charge in [0.25, 0.3) is 0 Å². The fraction of sp³-hybridized carbons (Fsp3) is 0. The second kappa shape index (κ2) is 4.78. The van der Waals surface area contributed by atoms with Crippen molar-refractivity contribution in [3.8, 4) is 11.3 Å². The van der Waals surface area contributed by atoms with Gasteiger partial charge in [-0.25, -0.2) is 14.2 Å². The highest BCUT2D eigenvalue weighted by Crippen LogP contribution is 2.31. The van der Waals surface area contributed by atoms with Gasteiger partial charge in [-0.15, -0.1) is 4.91 Å². The molecule has 0 saturated carbocycles. The zero-order valence-electron chi connectivity index (χ0n) is 10.5. The van der Waals surface area contributed by atoms with Crippen molar-refractivity contribution in [2.45, 2.75) is 0 Å². The summed E-state index contributed by atoms with van der Waals surface area (Å²) in [6.07, 6.45) is 1.41. The van der Waals surface area contributed by atoms with Crippen molar-refractivity contribution >= 4 is 17.4 Å². The van der Waals surface area contributed by atoms with Crippen LogP contribution in [0.2, 0.25) is 0 Å². The maximum Gasteiger partial charge on any atom is 0.335 e. The highest BCUT2D eigenvalue weighted by atomic mass is 19.1. The van der Waals surface area contributed by atoms with E-state index in [4.69, 9.17) is 5.11 Å². The Kier molecular flexibility index (Phi) is 2.94. The monoisotopic (exact) mass is 285 g/mol. The van der Waals surface area contributed by atoms with E-state index in [1.165, 1.54) is 47.0 Å². The lowest BCUT2D eigenvalue weighted by Gasteiger charge is -1.98. The summed E-state index contributed by atoms with van der Waals surface area (Å²) in [4.78, 5) is 26.2. The fourth-order valence-corrected chi connectivity index (χ4v) is 2.05. The van der Waals surface area contributed by atoms with Crippen LogP contribution in [0.15, 0.2) is 47.8 Å². The fourth-order valence-electron chi connectivity index (χ4n) is 2.05. The zero-order chi connectivity index (χ0) is 15.0. The molecule has 0 spiro atoms. The molecule has 2 aromatic heterocycles. The number of benzene rings is 1. The summed E-state index contributed by atoms with van der Waals surface area (Å²) in [7, 11) is 0. The number of hydrogen-bond acceptors (Lipinski definition) is 4. The van der Waals surface area contributed by atoms with E-state index >= 15 is 0 Å². The molecule has 0 radical (unpaired) electrons. The molecule has 0 bridgehead atoms. The minimum Gasteiger partial charge on any atom is -0.478 e. The minimum atomic E-state index is -1.09. The van der Waals surface area contributed by atoms with Crippen molar-refractivity contribution < 1.29 is 14.3 Å². The maximum atomic E-state index is 13.0. The van der Waals surface area contributed by atoms with Crippen molar-refractivity contribution in [1.29, 1.82) is 0 Å². The van der Waals surface area contributed by atoms with Gasteiger partial charge in [0.1, 0.15) is 17.2 Å². The van der Waals surface area contributed by atoms with Crippen molar-refractivity contribution in [2.24, 2.45) is 5.18 Å². The van der Waals surface area contributed by atoms with E-state index in [0.717, 1.165) is 0 Å². The summed E-state index contributed by atoms with van der Waals surface area (Å²) in [5, 5.41) is 11.9. The summed E-state index contributed by atoms with van der Waals surface area (Å²) >= 11 is 0. The summed E-state index contributed by atoms with van der Waals surface area (Å²) in [5.41, 5.74) is 1.12. The Morgan fingerprint density at radius 1 is 1.24 bits per heavy atom. The standard InChI is InChI=1S/C14H8FN3O3/c15-10-3-1-8(2-4-10)12-13(17-21)18-6-5-9(14(19)20)7-11(18)16-12/h1-7H,(H,19,20). The van der Waals surface area contributed by atoms with E-state index in [1.54, 1.807) is 0 Å². The van der Waals surface area contributed by atoms with E-state index in [9.17, 15) is 14.1 Å². The number of halogens is 1. The van der Waals surface area contributed by atoms with E-state index < -0.39 is 11.8 Å². The van der Waals surface area contributed by atoms with Gasteiger partial charge < -0.3 is 5.11 Å². The van der Waals surface area contributed by atoms with Gasteiger partial charge in [-0.1, -0.05) is 0 Å². The summed E-state index contributed by atoms with van der Waals surface area (Å²) < 4.78 is 14.3. The second-order valence-electron chi connectivity index (χ2n) is 4.33. The molecular weight excluding hydrogens is 277 g/mol. The van der Waals surface area contributed by atoms with Crippen LogP contribution in [-0.2, 0) is 0 Å². The molecule has 3 aromatic rings. The van der Waals surface area contributed by atoms with E-state index in [0.29, 0.717) is 5.56 Å². The Balaban J connectivity index is 2.25. The largest absolute Gasteiger partial charge is 0.478 e. The van der Waals surface area contributed by atoms with Crippen LogP contribution in [0.5, 0.6) is 0 Å². The number of nitroso groups, excluding NO2 is 1. The molecule has 0 aliphatic rings. The number of carboxylic acids is 1. The summed E-state index contributed by atoms with van der Waals surface area (Å²) in [5.74, 6) is -1.46. The van der Waals surface area contributed by atoms with Gasteiger partial charge in [0.2, 0.25) is 5.82 Å². The highest BCUT2D eigenvalue weighted by Gasteiger charge is 2.16. The van der Waals surface area contributed by atoms with Gasteiger partial charge in [0, 0.05) is 11.8 Å². The second-order valence-corrected chi connectivity index (χ2v) is 4.33. The number of fused-ring (bicyclic) bond motifs is 1. The molecular formula is C14H8FN3O3. The molecule has 0 aliphatic carbocycles. The van der Waals surface area contributed by atoms with Crippen molar-refractivity contribution in [2.75, 3.05) is 0 Å². The molecule has 1 N–H and O–H groups in total. The number of carbonyl (C=O) groups is 1. The van der Waals surface area contributed by atoms with Gasteiger partial charge >= 0.3 is 5.97 Å². The molecule has 7 heteroatoms. The average Bonchev–Trinajstić information content (AvgIpc) is 2.85. The lowest BCUT2D eigenvalue weighted by atomic mass is 10.1. The summed E-state index contributed by atoms with van der Waals surface area (Å²) in [6.45, 7) is 0. The molecule has 21 heavy (non-hydrogen) atoms. The zero-order valence-corrected chi connectivity index (χ0v) is 10.5. The molecule has 2 heterocycles. The average molecular weight is 285 g/mol. The van der Waals surface area contributed by atoms with Crippen molar-refractivity contribution in [3.05, 3.63) is 58.9 Å². The number of imidazole rings is 1. The minimum absolute atomic E-state index is 0.0357. The van der Waals surface area contributed by atoms with Gasteiger partial charge in [0.05, 0.1) is 5.56 Å². The van der Waals surface area contributed by atoms with Crippen LogP contribution in [0.3, 0.4) is 0 Å². The quantitative estimate of drug-likeness (QED) is 0.749.